The molecule has 5 heteroatoms. The highest BCUT2D eigenvalue weighted by Crippen LogP contribution is 2.28. The smallest absolute Gasteiger partial charge is 0.185 e. The predicted molar refractivity (Wildman–Crippen MR) is 81.1 cm³/mol. The molecule has 0 unspecified atom stereocenters. The summed E-state index contributed by atoms with van der Waals surface area (Å²) in [5.41, 5.74) is 1.17. The van der Waals surface area contributed by atoms with E-state index in [9.17, 15) is 0 Å². The molecule has 1 fully saturated rings. The molecule has 0 aliphatic carbocycles. The van der Waals surface area contributed by atoms with Gasteiger partial charge in [-0.3, -0.25) is 0 Å². The molecular formula is C14H25N3OS. The van der Waals surface area contributed by atoms with Crippen LogP contribution >= 0.6 is 11.3 Å². The third-order valence-electron chi connectivity index (χ3n) is 3.60. The van der Waals surface area contributed by atoms with Gasteiger partial charge in [0.2, 0.25) is 0 Å². The molecule has 0 saturated carbocycles. The van der Waals surface area contributed by atoms with Gasteiger partial charge >= 0.3 is 0 Å². The minimum absolute atomic E-state index is 0.430. The van der Waals surface area contributed by atoms with Crippen molar-refractivity contribution in [1.29, 1.82) is 0 Å². The van der Waals surface area contributed by atoms with E-state index in [0.29, 0.717) is 12.1 Å². The molecule has 0 spiro atoms. The lowest BCUT2D eigenvalue weighted by atomic mass is 10.1. The fraction of sp³-hybridized carbons (Fsp3) is 0.786. The molecule has 2 heterocycles. The van der Waals surface area contributed by atoms with Crippen molar-refractivity contribution in [2.45, 2.75) is 52.3 Å². The van der Waals surface area contributed by atoms with E-state index in [4.69, 9.17) is 9.72 Å². The zero-order valence-electron chi connectivity index (χ0n) is 12.4. The van der Waals surface area contributed by atoms with Crippen LogP contribution in [0.1, 0.15) is 37.3 Å². The third kappa shape index (κ3) is 3.91. The van der Waals surface area contributed by atoms with Crippen LogP contribution in [0.4, 0.5) is 5.13 Å². The molecule has 1 aromatic rings. The van der Waals surface area contributed by atoms with Gasteiger partial charge in [0.05, 0.1) is 11.8 Å². The number of aromatic nitrogens is 1. The quantitative estimate of drug-likeness (QED) is 0.901. The van der Waals surface area contributed by atoms with Gasteiger partial charge in [0.25, 0.3) is 0 Å². The molecule has 2 rings (SSSR count). The van der Waals surface area contributed by atoms with Crippen LogP contribution in [0.15, 0.2) is 0 Å². The Balaban J connectivity index is 1.96. The minimum atomic E-state index is 0.430. The summed E-state index contributed by atoms with van der Waals surface area (Å²) >= 11 is 1.83. The Labute approximate surface area is 120 Å². The first-order chi connectivity index (χ1) is 9.10. The lowest BCUT2D eigenvalue weighted by Gasteiger charge is -2.30. The maximum atomic E-state index is 5.42. The van der Waals surface area contributed by atoms with Gasteiger partial charge in [0, 0.05) is 37.7 Å². The number of rotatable bonds is 5. The SMILES string of the molecule is COC1CCN(c2nc(C)c(CNC(C)C)s2)CC1. The van der Waals surface area contributed by atoms with Crippen molar-refractivity contribution < 1.29 is 4.74 Å². The molecule has 0 aromatic carbocycles. The monoisotopic (exact) mass is 283 g/mol. The second-order valence-corrected chi connectivity index (χ2v) is 6.52. The summed E-state index contributed by atoms with van der Waals surface area (Å²) in [6.45, 7) is 9.50. The maximum absolute atomic E-state index is 5.42. The van der Waals surface area contributed by atoms with Gasteiger partial charge in [-0.15, -0.1) is 11.3 Å². The van der Waals surface area contributed by atoms with Crippen molar-refractivity contribution in [3.8, 4) is 0 Å². The fourth-order valence-electron chi connectivity index (χ4n) is 2.29. The van der Waals surface area contributed by atoms with E-state index in [1.165, 1.54) is 15.7 Å². The van der Waals surface area contributed by atoms with E-state index in [0.717, 1.165) is 32.5 Å². The van der Waals surface area contributed by atoms with Gasteiger partial charge in [-0.05, 0) is 19.8 Å². The summed E-state index contributed by atoms with van der Waals surface area (Å²) in [5, 5.41) is 4.64. The topological polar surface area (TPSA) is 37.4 Å². The van der Waals surface area contributed by atoms with Crippen LogP contribution in [0.2, 0.25) is 0 Å². The number of thiazole rings is 1. The Morgan fingerprint density at radius 1 is 1.42 bits per heavy atom. The number of nitrogens with zero attached hydrogens (tertiary/aromatic N) is 2. The van der Waals surface area contributed by atoms with Gasteiger partial charge in [0.1, 0.15) is 0 Å². The zero-order chi connectivity index (χ0) is 13.8. The summed E-state index contributed by atoms with van der Waals surface area (Å²) in [6, 6.07) is 0.516. The first kappa shape index (κ1) is 14.8. The van der Waals surface area contributed by atoms with Crippen molar-refractivity contribution in [3.63, 3.8) is 0 Å². The Bertz CT molecular complexity index is 397. The molecule has 1 aliphatic rings. The molecule has 1 saturated heterocycles. The zero-order valence-corrected chi connectivity index (χ0v) is 13.2. The first-order valence-electron chi connectivity index (χ1n) is 7.07. The fourth-order valence-corrected chi connectivity index (χ4v) is 3.36. The number of aryl methyl sites for hydroxylation is 1. The van der Waals surface area contributed by atoms with Crippen molar-refractivity contribution in [2.24, 2.45) is 0 Å². The van der Waals surface area contributed by atoms with E-state index in [1.54, 1.807) is 0 Å². The second kappa shape index (κ2) is 6.68. The van der Waals surface area contributed by atoms with E-state index >= 15 is 0 Å². The van der Waals surface area contributed by atoms with E-state index in [1.807, 2.05) is 18.4 Å². The van der Waals surface area contributed by atoms with Gasteiger partial charge in [0.15, 0.2) is 5.13 Å². The molecule has 1 N–H and O–H groups in total. The average Bonchev–Trinajstić information content (AvgIpc) is 2.78. The Morgan fingerprint density at radius 3 is 2.68 bits per heavy atom. The number of methoxy groups -OCH3 is 1. The Kier molecular flexibility index (Phi) is 5.19. The summed E-state index contributed by atoms with van der Waals surface area (Å²) in [4.78, 5) is 8.48. The van der Waals surface area contributed by atoms with E-state index < -0.39 is 0 Å². The van der Waals surface area contributed by atoms with Crippen LogP contribution in [0.25, 0.3) is 0 Å². The van der Waals surface area contributed by atoms with Crippen LogP contribution in [0.5, 0.6) is 0 Å². The summed E-state index contributed by atoms with van der Waals surface area (Å²) < 4.78 is 5.42. The number of hydrogen-bond acceptors (Lipinski definition) is 5. The van der Waals surface area contributed by atoms with Crippen molar-refractivity contribution in [2.75, 3.05) is 25.1 Å². The Hall–Kier alpha value is -0.650. The van der Waals surface area contributed by atoms with Crippen LogP contribution in [-0.4, -0.2) is 37.3 Å². The molecule has 1 aromatic heterocycles. The molecule has 4 nitrogen and oxygen atoms in total. The molecular weight excluding hydrogens is 258 g/mol. The number of piperidine rings is 1. The number of ether oxygens (including phenoxy) is 1. The highest BCUT2D eigenvalue weighted by Gasteiger charge is 2.21. The highest BCUT2D eigenvalue weighted by atomic mass is 32.1. The molecule has 0 atom stereocenters. The molecule has 108 valence electrons. The van der Waals surface area contributed by atoms with Gasteiger partial charge in [-0.2, -0.15) is 0 Å². The van der Waals surface area contributed by atoms with Crippen molar-refractivity contribution >= 4 is 16.5 Å². The van der Waals surface area contributed by atoms with Crippen LogP contribution in [-0.2, 0) is 11.3 Å². The highest BCUT2D eigenvalue weighted by molar-refractivity contribution is 7.15. The second-order valence-electron chi connectivity index (χ2n) is 5.46. The summed E-state index contributed by atoms with van der Waals surface area (Å²) in [6.07, 6.45) is 2.64. The number of nitrogens with one attached hydrogen (secondary N) is 1. The molecule has 1 aliphatic heterocycles. The summed E-state index contributed by atoms with van der Waals surface area (Å²) in [7, 11) is 1.81. The Morgan fingerprint density at radius 2 is 2.11 bits per heavy atom. The standard InChI is InChI=1S/C14H25N3OS/c1-10(2)15-9-13-11(3)16-14(19-13)17-7-5-12(18-4)6-8-17/h10,12,15H,5-9H2,1-4H3. The molecule has 0 bridgehead atoms. The predicted octanol–water partition coefficient (Wildman–Crippen LogP) is 2.56. The molecule has 0 amide bonds. The third-order valence-corrected chi connectivity index (χ3v) is 4.82. The van der Waals surface area contributed by atoms with Gasteiger partial charge in [-0.1, -0.05) is 13.8 Å². The van der Waals surface area contributed by atoms with Gasteiger partial charge < -0.3 is 15.0 Å². The minimum Gasteiger partial charge on any atom is -0.381 e. The normalized spacial score (nSPS) is 17.4. The van der Waals surface area contributed by atoms with Crippen LogP contribution < -0.4 is 10.2 Å². The van der Waals surface area contributed by atoms with Crippen molar-refractivity contribution in [3.05, 3.63) is 10.6 Å². The number of hydrogen-bond donors (Lipinski definition) is 1. The lowest BCUT2D eigenvalue weighted by molar-refractivity contribution is 0.0819. The summed E-state index contributed by atoms with van der Waals surface area (Å²) in [5.74, 6) is 0. The lowest BCUT2D eigenvalue weighted by Crippen LogP contribution is -2.36. The molecule has 19 heavy (non-hydrogen) atoms. The number of anilines is 1. The average molecular weight is 283 g/mol. The molecule has 0 radical (unpaired) electrons. The first-order valence-corrected chi connectivity index (χ1v) is 7.89. The van der Waals surface area contributed by atoms with Crippen molar-refractivity contribution in [1.82, 2.24) is 10.3 Å². The maximum Gasteiger partial charge on any atom is 0.185 e. The largest absolute Gasteiger partial charge is 0.381 e. The van der Waals surface area contributed by atoms with Crippen LogP contribution in [0, 0.1) is 6.92 Å². The van der Waals surface area contributed by atoms with E-state index in [2.05, 4.69) is 31.0 Å². The van der Waals surface area contributed by atoms with E-state index in [-0.39, 0.29) is 0 Å². The van der Waals surface area contributed by atoms with Crippen LogP contribution in [0.3, 0.4) is 0 Å². The van der Waals surface area contributed by atoms with Gasteiger partial charge in [-0.25, -0.2) is 4.98 Å².